The average molecular weight is 270 g/mol. The van der Waals surface area contributed by atoms with Gasteiger partial charge in [-0.25, -0.2) is 0 Å². The number of ether oxygens (including phenoxy) is 1. The standard InChI is InChI=1S/C11H14F3NO.ClH/c1-2-4-10(15)8-5-3-6-9(7-8)16-11(12,13)14;/h3,5-7,10H,2,4,15H2,1H3;1H/t10-;/m1./s1. The van der Waals surface area contributed by atoms with Gasteiger partial charge in [0.1, 0.15) is 5.75 Å². The van der Waals surface area contributed by atoms with Gasteiger partial charge in [0, 0.05) is 6.04 Å². The minimum atomic E-state index is -4.66. The minimum absolute atomic E-state index is 0. The maximum absolute atomic E-state index is 12.0. The molecule has 0 aliphatic heterocycles. The van der Waals surface area contributed by atoms with Crippen LogP contribution in [0.1, 0.15) is 31.4 Å². The molecule has 1 atom stereocenters. The summed E-state index contributed by atoms with van der Waals surface area (Å²) in [6, 6.07) is 5.54. The van der Waals surface area contributed by atoms with Crippen LogP contribution in [0.15, 0.2) is 24.3 Å². The van der Waals surface area contributed by atoms with Gasteiger partial charge in [-0.3, -0.25) is 0 Å². The lowest BCUT2D eigenvalue weighted by Crippen LogP contribution is -2.17. The maximum atomic E-state index is 12.0. The fourth-order valence-corrected chi connectivity index (χ4v) is 1.42. The second-order valence-corrected chi connectivity index (χ2v) is 3.52. The van der Waals surface area contributed by atoms with Crippen LogP contribution in [0.25, 0.3) is 0 Å². The van der Waals surface area contributed by atoms with Crippen LogP contribution in [0.2, 0.25) is 0 Å². The van der Waals surface area contributed by atoms with E-state index in [1.54, 1.807) is 6.07 Å². The van der Waals surface area contributed by atoms with Crippen LogP contribution in [0.5, 0.6) is 5.75 Å². The number of rotatable bonds is 4. The summed E-state index contributed by atoms with van der Waals surface area (Å²) in [5, 5.41) is 0. The van der Waals surface area contributed by atoms with E-state index in [4.69, 9.17) is 5.73 Å². The normalized spacial score (nSPS) is 12.8. The van der Waals surface area contributed by atoms with Crippen molar-refractivity contribution in [2.75, 3.05) is 0 Å². The van der Waals surface area contributed by atoms with Crippen molar-refractivity contribution in [2.24, 2.45) is 5.73 Å². The SMILES string of the molecule is CCC[C@@H](N)c1cccc(OC(F)(F)F)c1.Cl. The summed E-state index contributed by atoms with van der Waals surface area (Å²) >= 11 is 0. The molecule has 2 N–H and O–H groups in total. The van der Waals surface area contributed by atoms with Crippen molar-refractivity contribution in [3.8, 4) is 5.75 Å². The first-order valence-corrected chi connectivity index (χ1v) is 5.03. The molecule has 0 saturated carbocycles. The molecule has 1 aromatic carbocycles. The number of benzene rings is 1. The first kappa shape index (κ1) is 16.1. The summed E-state index contributed by atoms with van der Waals surface area (Å²) in [5.41, 5.74) is 6.46. The quantitative estimate of drug-likeness (QED) is 0.902. The fraction of sp³-hybridized carbons (Fsp3) is 0.455. The Morgan fingerprint density at radius 1 is 1.35 bits per heavy atom. The zero-order chi connectivity index (χ0) is 12.2. The third kappa shape index (κ3) is 5.79. The Bertz CT molecular complexity index is 344. The second-order valence-electron chi connectivity index (χ2n) is 3.52. The highest BCUT2D eigenvalue weighted by atomic mass is 35.5. The molecule has 0 unspecified atom stereocenters. The van der Waals surface area contributed by atoms with Crippen molar-refractivity contribution >= 4 is 12.4 Å². The van der Waals surface area contributed by atoms with E-state index in [0.29, 0.717) is 5.56 Å². The van der Waals surface area contributed by atoms with Gasteiger partial charge >= 0.3 is 6.36 Å². The van der Waals surface area contributed by atoms with E-state index >= 15 is 0 Å². The molecule has 0 amide bonds. The van der Waals surface area contributed by atoms with Gasteiger partial charge in [0.05, 0.1) is 0 Å². The topological polar surface area (TPSA) is 35.2 Å². The lowest BCUT2D eigenvalue weighted by Gasteiger charge is -2.13. The van der Waals surface area contributed by atoms with E-state index in [9.17, 15) is 13.2 Å². The minimum Gasteiger partial charge on any atom is -0.406 e. The average Bonchev–Trinajstić information content (AvgIpc) is 2.16. The van der Waals surface area contributed by atoms with E-state index in [1.165, 1.54) is 18.2 Å². The molecule has 0 aromatic heterocycles. The predicted molar refractivity (Wildman–Crippen MR) is 62.2 cm³/mol. The van der Waals surface area contributed by atoms with Crippen molar-refractivity contribution in [1.82, 2.24) is 0 Å². The van der Waals surface area contributed by atoms with Crippen LogP contribution in [0.3, 0.4) is 0 Å². The van der Waals surface area contributed by atoms with Crippen molar-refractivity contribution in [3.05, 3.63) is 29.8 Å². The molecule has 0 bridgehead atoms. The van der Waals surface area contributed by atoms with Crippen LogP contribution < -0.4 is 10.5 Å². The molecule has 1 rings (SSSR count). The Balaban J connectivity index is 0.00000256. The van der Waals surface area contributed by atoms with Gasteiger partial charge in [-0.1, -0.05) is 25.5 Å². The van der Waals surface area contributed by atoms with E-state index in [0.717, 1.165) is 12.8 Å². The van der Waals surface area contributed by atoms with Gasteiger partial charge < -0.3 is 10.5 Å². The number of halogens is 4. The Labute approximate surface area is 104 Å². The molecule has 17 heavy (non-hydrogen) atoms. The molecule has 0 aliphatic rings. The summed E-state index contributed by atoms with van der Waals surface area (Å²) in [4.78, 5) is 0. The molecular formula is C11H15ClF3NO. The van der Waals surface area contributed by atoms with Crippen LogP contribution in [0, 0.1) is 0 Å². The fourth-order valence-electron chi connectivity index (χ4n) is 1.42. The van der Waals surface area contributed by atoms with Crippen LogP contribution >= 0.6 is 12.4 Å². The highest BCUT2D eigenvalue weighted by molar-refractivity contribution is 5.85. The molecule has 2 nitrogen and oxygen atoms in total. The summed E-state index contributed by atoms with van der Waals surface area (Å²) < 4.78 is 39.7. The molecule has 0 saturated heterocycles. The van der Waals surface area contributed by atoms with Gasteiger partial charge in [0.2, 0.25) is 0 Å². The van der Waals surface area contributed by atoms with E-state index in [-0.39, 0.29) is 24.2 Å². The van der Waals surface area contributed by atoms with Gasteiger partial charge in [0.15, 0.2) is 0 Å². The van der Waals surface area contributed by atoms with Crippen molar-refractivity contribution in [3.63, 3.8) is 0 Å². The van der Waals surface area contributed by atoms with Crippen LogP contribution in [0.4, 0.5) is 13.2 Å². The molecule has 0 fully saturated rings. The summed E-state index contributed by atoms with van der Waals surface area (Å²) in [6.07, 6.45) is -3.05. The Kier molecular flexibility index (Phi) is 6.34. The van der Waals surface area contributed by atoms with E-state index in [1.807, 2.05) is 6.92 Å². The summed E-state index contributed by atoms with van der Waals surface area (Å²) in [5.74, 6) is -0.225. The third-order valence-corrected chi connectivity index (χ3v) is 2.12. The van der Waals surface area contributed by atoms with Crippen LogP contribution in [-0.2, 0) is 0 Å². The van der Waals surface area contributed by atoms with Gasteiger partial charge in [-0.2, -0.15) is 0 Å². The largest absolute Gasteiger partial charge is 0.573 e. The van der Waals surface area contributed by atoms with Gasteiger partial charge in [-0.15, -0.1) is 25.6 Å². The number of hydrogen-bond donors (Lipinski definition) is 1. The Hall–Kier alpha value is -0.940. The number of alkyl halides is 3. The van der Waals surface area contributed by atoms with Gasteiger partial charge in [-0.05, 0) is 24.1 Å². The maximum Gasteiger partial charge on any atom is 0.573 e. The number of nitrogens with two attached hydrogens (primary N) is 1. The lowest BCUT2D eigenvalue weighted by molar-refractivity contribution is -0.274. The molecule has 0 heterocycles. The number of hydrogen-bond acceptors (Lipinski definition) is 2. The third-order valence-electron chi connectivity index (χ3n) is 2.12. The monoisotopic (exact) mass is 269 g/mol. The molecule has 0 aliphatic carbocycles. The smallest absolute Gasteiger partial charge is 0.406 e. The van der Waals surface area contributed by atoms with Crippen molar-refractivity contribution in [1.29, 1.82) is 0 Å². The zero-order valence-corrected chi connectivity index (χ0v) is 10.1. The lowest BCUT2D eigenvalue weighted by atomic mass is 10.0. The molecule has 1 aromatic rings. The Morgan fingerprint density at radius 2 is 2.00 bits per heavy atom. The summed E-state index contributed by atoms with van der Waals surface area (Å²) in [7, 11) is 0. The summed E-state index contributed by atoms with van der Waals surface area (Å²) in [6.45, 7) is 1.97. The molecule has 98 valence electrons. The highest BCUT2D eigenvalue weighted by Gasteiger charge is 2.31. The second kappa shape index (κ2) is 6.71. The zero-order valence-electron chi connectivity index (χ0n) is 9.33. The predicted octanol–water partition coefficient (Wildman–Crippen LogP) is 3.81. The molecular weight excluding hydrogens is 255 g/mol. The Morgan fingerprint density at radius 3 is 2.53 bits per heavy atom. The molecule has 6 heteroatoms. The highest BCUT2D eigenvalue weighted by Crippen LogP contribution is 2.26. The first-order valence-electron chi connectivity index (χ1n) is 5.03. The van der Waals surface area contributed by atoms with Crippen molar-refractivity contribution in [2.45, 2.75) is 32.2 Å². The first-order chi connectivity index (χ1) is 7.42. The van der Waals surface area contributed by atoms with E-state index in [2.05, 4.69) is 4.74 Å². The molecule has 0 spiro atoms. The van der Waals surface area contributed by atoms with Crippen LogP contribution in [-0.4, -0.2) is 6.36 Å². The van der Waals surface area contributed by atoms with Gasteiger partial charge in [0.25, 0.3) is 0 Å². The molecule has 0 radical (unpaired) electrons. The van der Waals surface area contributed by atoms with E-state index < -0.39 is 6.36 Å². The van der Waals surface area contributed by atoms with Crippen molar-refractivity contribution < 1.29 is 17.9 Å².